The highest BCUT2D eigenvalue weighted by molar-refractivity contribution is 7.91. The van der Waals surface area contributed by atoms with Crippen LogP contribution in [0, 0.1) is 17.5 Å². The SMILES string of the molecule is Cn1cc(-c2ccc(Cn3cc(S(=O)(=O)CCNC(=O)c4cocn4)c4c(F)cc(F)cc43)c(F)c2)cn1. The lowest BCUT2D eigenvalue weighted by molar-refractivity contribution is 0.0951. The Kier molecular flexibility index (Phi) is 6.53. The largest absolute Gasteiger partial charge is 0.451 e. The van der Waals surface area contributed by atoms with E-state index in [-0.39, 0.29) is 35.2 Å². The van der Waals surface area contributed by atoms with Crippen molar-refractivity contribution in [2.24, 2.45) is 7.05 Å². The van der Waals surface area contributed by atoms with Crippen LogP contribution in [0.4, 0.5) is 13.2 Å². The van der Waals surface area contributed by atoms with E-state index in [0.29, 0.717) is 17.2 Å². The molecule has 0 atom stereocenters. The summed E-state index contributed by atoms with van der Waals surface area (Å²) in [6.07, 6.45) is 6.62. The molecular weight excluding hydrogens is 523 g/mol. The van der Waals surface area contributed by atoms with Crippen molar-refractivity contribution < 1.29 is 30.8 Å². The quantitative estimate of drug-likeness (QED) is 0.320. The highest BCUT2D eigenvalue weighted by Crippen LogP contribution is 2.31. The van der Waals surface area contributed by atoms with Crippen molar-refractivity contribution in [1.82, 2.24) is 24.6 Å². The fourth-order valence-corrected chi connectivity index (χ4v) is 5.50. The van der Waals surface area contributed by atoms with E-state index in [0.717, 1.165) is 24.9 Å². The Morgan fingerprint density at radius 3 is 2.58 bits per heavy atom. The molecule has 0 aliphatic rings. The van der Waals surface area contributed by atoms with E-state index in [4.69, 9.17) is 4.42 Å². The Morgan fingerprint density at radius 2 is 1.89 bits per heavy atom. The van der Waals surface area contributed by atoms with E-state index >= 15 is 4.39 Å². The van der Waals surface area contributed by atoms with Gasteiger partial charge in [-0.3, -0.25) is 9.48 Å². The molecule has 0 spiro atoms. The molecule has 0 aliphatic carbocycles. The summed E-state index contributed by atoms with van der Waals surface area (Å²) < 4.78 is 77.9. The van der Waals surface area contributed by atoms with Gasteiger partial charge < -0.3 is 14.3 Å². The smallest absolute Gasteiger partial charge is 0.273 e. The fourth-order valence-electron chi connectivity index (χ4n) is 4.11. The van der Waals surface area contributed by atoms with Crippen LogP contribution in [0.15, 0.2) is 70.9 Å². The van der Waals surface area contributed by atoms with E-state index in [1.54, 1.807) is 30.2 Å². The molecule has 0 radical (unpaired) electrons. The summed E-state index contributed by atoms with van der Waals surface area (Å²) in [4.78, 5) is 15.3. The molecule has 0 bridgehead atoms. The zero-order valence-corrected chi connectivity index (χ0v) is 20.7. The predicted molar refractivity (Wildman–Crippen MR) is 130 cm³/mol. The van der Waals surface area contributed by atoms with E-state index in [2.05, 4.69) is 15.4 Å². The predicted octanol–water partition coefficient (Wildman–Crippen LogP) is 3.70. The molecule has 2 aromatic carbocycles. The first kappa shape index (κ1) is 25.3. The number of carbonyl (C=O) groups excluding carboxylic acids is 1. The van der Waals surface area contributed by atoms with Crippen LogP contribution < -0.4 is 5.32 Å². The van der Waals surface area contributed by atoms with E-state index in [1.165, 1.54) is 16.7 Å². The Hall–Kier alpha value is -4.39. The van der Waals surface area contributed by atoms with Gasteiger partial charge in [0.25, 0.3) is 5.91 Å². The highest BCUT2D eigenvalue weighted by Gasteiger charge is 2.25. The van der Waals surface area contributed by atoms with Gasteiger partial charge in [-0.2, -0.15) is 5.10 Å². The molecule has 13 heteroatoms. The number of rotatable bonds is 8. The summed E-state index contributed by atoms with van der Waals surface area (Å²) in [7, 11) is -2.42. The number of carbonyl (C=O) groups is 1. The Balaban J connectivity index is 1.45. The molecule has 1 N–H and O–H groups in total. The molecule has 0 saturated heterocycles. The summed E-state index contributed by atoms with van der Waals surface area (Å²) in [5, 5.41) is 6.15. The van der Waals surface area contributed by atoms with Crippen LogP contribution in [0.3, 0.4) is 0 Å². The number of sulfone groups is 1. The first-order valence-corrected chi connectivity index (χ1v) is 12.9. The van der Waals surface area contributed by atoms with Crippen molar-refractivity contribution in [1.29, 1.82) is 0 Å². The van der Waals surface area contributed by atoms with Crippen LogP contribution in [0.25, 0.3) is 22.0 Å². The minimum Gasteiger partial charge on any atom is -0.451 e. The van der Waals surface area contributed by atoms with Gasteiger partial charge in [0.2, 0.25) is 0 Å². The summed E-state index contributed by atoms with van der Waals surface area (Å²) in [6, 6.07) is 6.09. The van der Waals surface area contributed by atoms with Gasteiger partial charge in [-0.25, -0.2) is 26.6 Å². The van der Waals surface area contributed by atoms with Crippen LogP contribution in [0.5, 0.6) is 0 Å². The average Bonchev–Trinajstić information content (AvgIpc) is 3.61. The first-order chi connectivity index (χ1) is 18.1. The van der Waals surface area contributed by atoms with Crippen molar-refractivity contribution >= 4 is 26.6 Å². The lowest BCUT2D eigenvalue weighted by Crippen LogP contribution is -2.29. The lowest BCUT2D eigenvalue weighted by Gasteiger charge is -2.08. The third-order valence-corrected chi connectivity index (χ3v) is 7.67. The van der Waals surface area contributed by atoms with Gasteiger partial charge in [-0.15, -0.1) is 0 Å². The molecule has 3 aromatic heterocycles. The number of hydrogen-bond acceptors (Lipinski definition) is 6. The maximum Gasteiger partial charge on any atom is 0.273 e. The van der Waals surface area contributed by atoms with E-state index in [1.807, 2.05) is 0 Å². The number of fused-ring (bicyclic) bond motifs is 1. The number of nitrogens with zero attached hydrogens (tertiary/aromatic N) is 4. The maximum atomic E-state index is 15.0. The van der Waals surface area contributed by atoms with Gasteiger partial charge in [-0.05, 0) is 17.7 Å². The summed E-state index contributed by atoms with van der Waals surface area (Å²) in [5.41, 5.74) is 1.39. The molecule has 196 valence electrons. The van der Waals surface area contributed by atoms with Gasteiger partial charge in [0, 0.05) is 43.2 Å². The molecule has 38 heavy (non-hydrogen) atoms. The van der Waals surface area contributed by atoms with Crippen LogP contribution in [0.1, 0.15) is 16.1 Å². The molecule has 0 saturated carbocycles. The Labute approximate surface area is 214 Å². The topological polar surface area (TPSA) is 112 Å². The van der Waals surface area contributed by atoms with Gasteiger partial charge in [0.1, 0.15) is 23.7 Å². The van der Waals surface area contributed by atoms with Crippen molar-refractivity contribution in [2.75, 3.05) is 12.3 Å². The number of hydrogen-bond donors (Lipinski definition) is 1. The molecule has 0 unspecified atom stereocenters. The number of amides is 1. The minimum atomic E-state index is -4.15. The second-order valence-electron chi connectivity index (χ2n) is 8.56. The van der Waals surface area contributed by atoms with Crippen molar-refractivity contribution in [3.05, 3.63) is 90.3 Å². The molecule has 1 amide bonds. The summed E-state index contributed by atoms with van der Waals surface area (Å²) in [6.45, 7) is -0.481. The monoisotopic (exact) mass is 543 g/mol. The minimum absolute atomic E-state index is 0.0305. The third kappa shape index (κ3) is 4.92. The van der Waals surface area contributed by atoms with Crippen molar-refractivity contribution in [3.8, 4) is 11.1 Å². The van der Waals surface area contributed by atoms with Gasteiger partial charge >= 0.3 is 0 Å². The second kappa shape index (κ2) is 9.82. The molecule has 0 fully saturated rings. The number of benzene rings is 2. The number of oxazole rings is 1. The number of aryl methyl sites for hydroxylation is 1. The van der Waals surface area contributed by atoms with Crippen LogP contribution in [-0.2, 0) is 23.4 Å². The van der Waals surface area contributed by atoms with E-state index < -0.39 is 43.8 Å². The Morgan fingerprint density at radius 1 is 1.08 bits per heavy atom. The molecule has 5 aromatic rings. The normalized spacial score (nSPS) is 11.8. The molecule has 9 nitrogen and oxygen atoms in total. The van der Waals surface area contributed by atoms with Gasteiger partial charge in [0.15, 0.2) is 21.9 Å². The van der Waals surface area contributed by atoms with Crippen LogP contribution >= 0.6 is 0 Å². The fraction of sp³-hybridized carbons (Fsp3) is 0.160. The van der Waals surface area contributed by atoms with Gasteiger partial charge in [-0.1, -0.05) is 12.1 Å². The summed E-state index contributed by atoms with van der Waals surface area (Å²) >= 11 is 0. The molecular formula is C25H20F3N5O4S. The van der Waals surface area contributed by atoms with Crippen molar-refractivity contribution in [3.63, 3.8) is 0 Å². The zero-order valence-electron chi connectivity index (χ0n) is 19.9. The first-order valence-electron chi connectivity index (χ1n) is 11.3. The average molecular weight is 544 g/mol. The molecule has 0 aliphatic heterocycles. The molecule has 5 rings (SSSR count). The number of halogens is 3. The second-order valence-corrected chi connectivity index (χ2v) is 10.6. The third-order valence-electron chi connectivity index (χ3n) is 5.95. The van der Waals surface area contributed by atoms with E-state index in [9.17, 15) is 22.0 Å². The lowest BCUT2D eigenvalue weighted by atomic mass is 10.1. The standard InChI is InChI=1S/C25H20F3N5O4S/c1-32-10-17(9-31-32)15-2-3-16(19(27)6-15)11-33-12-23(24-20(28)7-18(26)8-22(24)33)38(35,36)5-4-29-25(34)21-13-37-14-30-21/h2-3,6-10,12-14H,4-5,11H2,1H3,(H,29,34). The molecule has 3 heterocycles. The number of aromatic nitrogens is 4. The summed E-state index contributed by atoms with van der Waals surface area (Å²) in [5.74, 6) is -3.78. The van der Waals surface area contributed by atoms with Crippen LogP contribution in [0.2, 0.25) is 0 Å². The van der Waals surface area contributed by atoms with Crippen LogP contribution in [-0.4, -0.2) is 46.0 Å². The van der Waals surface area contributed by atoms with Crippen molar-refractivity contribution in [2.45, 2.75) is 11.4 Å². The maximum absolute atomic E-state index is 15.0. The zero-order chi connectivity index (χ0) is 27.0. The number of nitrogens with one attached hydrogen (secondary N) is 1. The highest BCUT2D eigenvalue weighted by atomic mass is 32.2. The Bertz CT molecular complexity index is 1760. The van der Waals surface area contributed by atoms with Gasteiger partial charge in [0.05, 0.1) is 34.3 Å².